The molecule has 0 aliphatic heterocycles. The van der Waals surface area contributed by atoms with Crippen molar-refractivity contribution in [2.75, 3.05) is 13.7 Å². The van der Waals surface area contributed by atoms with E-state index in [4.69, 9.17) is 10.5 Å². The first-order valence-electron chi connectivity index (χ1n) is 5.77. The predicted molar refractivity (Wildman–Crippen MR) is 69.8 cm³/mol. The fraction of sp³-hybridized carbons (Fsp3) is 0.286. The fourth-order valence-corrected chi connectivity index (χ4v) is 1.99. The second-order valence-corrected chi connectivity index (χ2v) is 4.08. The van der Waals surface area contributed by atoms with E-state index in [0.717, 1.165) is 17.9 Å². The van der Waals surface area contributed by atoms with E-state index < -0.39 is 0 Å². The van der Waals surface area contributed by atoms with Crippen molar-refractivity contribution in [3.63, 3.8) is 0 Å². The number of hydrogen-bond donors (Lipinski definition) is 1. The van der Waals surface area contributed by atoms with Crippen LogP contribution >= 0.6 is 0 Å². The molecule has 3 nitrogen and oxygen atoms in total. The van der Waals surface area contributed by atoms with Gasteiger partial charge in [0.2, 0.25) is 0 Å². The third-order valence-electron chi connectivity index (χ3n) is 2.83. The molecule has 0 aliphatic rings. The number of ether oxygens (including phenoxy) is 1. The Balaban J connectivity index is 2.51. The van der Waals surface area contributed by atoms with Gasteiger partial charge in [0.1, 0.15) is 5.75 Å². The zero-order valence-electron chi connectivity index (χ0n) is 10.3. The van der Waals surface area contributed by atoms with Crippen LogP contribution in [0.4, 0.5) is 0 Å². The van der Waals surface area contributed by atoms with Gasteiger partial charge in [0.05, 0.1) is 12.8 Å². The van der Waals surface area contributed by atoms with E-state index in [2.05, 4.69) is 29.7 Å². The molecule has 1 aromatic carbocycles. The van der Waals surface area contributed by atoms with E-state index in [9.17, 15) is 0 Å². The van der Waals surface area contributed by atoms with Crippen LogP contribution < -0.4 is 10.5 Å². The molecule has 0 radical (unpaired) electrons. The monoisotopic (exact) mass is 230 g/mol. The van der Waals surface area contributed by atoms with Crippen LogP contribution in [0.1, 0.15) is 11.3 Å². The zero-order chi connectivity index (χ0) is 12.3. The molecule has 2 rings (SSSR count). The molecular weight excluding hydrogens is 212 g/mol. The summed E-state index contributed by atoms with van der Waals surface area (Å²) in [5, 5.41) is 0. The molecule has 0 saturated heterocycles. The van der Waals surface area contributed by atoms with Crippen LogP contribution in [0.2, 0.25) is 0 Å². The SMILES string of the molecule is COc1ccc(C)cc1-n1cccc1CCN. The van der Waals surface area contributed by atoms with Gasteiger partial charge >= 0.3 is 0 Å². The van der Waals surface area contributed by atoms with Crippen LogP contribution in [-0.2, 0) is 6.42 Å². The van der Waals surface area contributed by atoms with Gasteiger partial charge in [-0.05, 0) is 43.3 Å². The second kappa shape index (κ2) is 5.06. The van der Waals surface area contributed by atoms with Crippen LogP contribution in [0, 0.1) is 6.92 Å². The number of aromatic nitrogens is 1. The molecule has 3 heteroatoms. The van der Waals surface area contributed by atoms with Gasteiger partial charge in [-0.3, -0.25) is 0 Å². The van der Waals surface area contributed by atoms with Gasteiger partial charge in [-0.2, -0.15) is 0 Å². The molecule has 90 valence electrons. The van der Waals surface area contributed by atoms with E-state index in [1.807, 2.05) is 18.3 Å². The maximum atomic E-state index is 5.62. The summed E-state index contributed by atoms with van der Waals surface area (Å²) >= 11 is 0. The maximum absolute atomic E-state index is 5.62. The van der Waals surface area contributed by atoms with Crippen LogP contribution in [-0.4, -0.2) is 18.2 Å². The third kappa shape index (κ3) is 2.34. The summed E-state index contributed by atoms with van der Waals surface area (Å²) in [6.07, 6.45) is 2.91. The van der Waals surface area contributed by atoms with Gasteiger partial charge in [0.25, 0.3) is 0 Å². The van der Waals surface area contributed by atoms with Crippen molar-refractivity contribution < 1.29 is 4.74 Å². The van der Waals surface area contributed by atoms with Crippen LogP contribution in [0.15, 0.2) is 36.5 Å². The summed E-state index contributed by atoms with van der Waals surface area (Å²) in [5.74, 6) is 0.880. The smallest absolute Gasteiger partial charge is 0.142 e. The number of nitrogens with two attached hydrogens (primary N) is 1. The topological polar surface area (TPSA) is 40.2 Å². The van der Waals surface area contributed by atoms with Crippen molar-refractivity contribution >= 4 is 0 Å². The first-order chi connectivity index (χ1) is 8.26. The molecule has 0 aliphatic carbocycles. The first kappa shape index (κ1) is 11.7. The molecule has 2 aromatic rings. The van der Waals surface area contributed by atoms with Crippen molar-refractivity contribution in [3.8, 4) is 11.4 Å². The molecule has 0 saturated carbocycles. The van der Waals surface area contributed by atoms with Gasteiger partial charge < -0.3 is 15.0 Å². The highest BCUT2D eigenvalue weighted by Crippen LogP contribution is 2.25. The van der Waals surface area contributed by atoms with Gasteiger partial charge in [-0.15, -0.1) is 0 Å². The van der Waals surface area contributed by atoms with Crippen molar-refractivity contribution in [1.82, 2.24) is 4.57 Å². The highest BCUT2D eigenvalue weighted by molar-refractivity contribution is 5.50. The van der Waals surface area contributed by atoms with Crippen molar-refractivity contribution in [2.45, 2.75) is 13.3 Å². The van der Waals surface area contributed by atoms with Crippen LogP contribution in [0.25, 0.3) is 5.69 Å². The highest BCUT2D eigenvalue weighted by Gasteiger charge is 2.08. The zero-order valence-corrected chi connectivity index (χ0v) is 10.3. The molecule has 0 spiro atoms. The van der Waals surface area contributed by atoms with E-state index in [0.29, 0.717) is 6.54 Å². The fourth-order valence-electron chi connectivity index (χ4n) is 1.99. The maximum Gasteiger partial charge on any atom is 0.142 e. The van der Waals surface area contributed by atoms with Crippen LogP contribution in [0.3, 0.4) is 0 Å². The minimum absolute atomic E-state index is 0.651. The van der Waals surface area contributed by atoms with Gasteiger partial charge in [0, 0.05) is 18.3 Å². The number of aryl methyl sites for hydroxylation is 1. The number of nitrogens with zero attached hydrogens (tertiary/aromatic N) is 1. The molecule has 0 unspecified atom stereocenters. The summed E-state index contributed by atoms with van der Waals surface area (Å²) in [4.78, 5) is 0. The highest BCUT2D eigenvalue weighted by atomic mass is 16.5. The average molecular weight is 230 g/mol. The first-order valence-corrected chi connectivity index (χ1v) is 5.77. The summed E-state index contributed by atoms with van der Waals surface area (Å²) in [6, 6.07) is 10.3. The number of hydrogen-bond acceptors (Lipinski definition) is 2. The van der Waals surface area contributed by atoms with Crippen molar-refractivity contribution in [3.05, 3.63) is 47.8 Å². The number of rotatable bonds is 4. The largest absolute Gasteiger partial charge is 0.495 e. The summed E-state index contributed by atoms with van der Waals surface area (Å²) in [7, 11) is 1.69. The number of methoxy groups -OCH3 is 1. The molecule has 0 atom stereocenters. The molecule has 1 aromatic heterocycles. The lowest BCUT2D eigenvalue weighted by Crippen LogP contribution is -2.08. The van der Waals surface area contributed by atoms with Crippen molar-refractivity contribution in [1.29, 1.82) is 0 Å². The minimum Gasteiger partial charge on any atom is -0.495 e. The molecule has 0 fully saturated rings. The minimum atomic E-state index is 0.651. The van der Waals surface area contributed by atoms with E-state index in [1.54, 1.807) is 7.11 Å². The Morgan fingerprint density at radius 1 is 1.29 bits per heavy atom. The van der Waals surface area contributed by atoms with E-state index in [-0.39, 0.29) is 0 Å². The molecule has 0 amide bonds. The lowest BCUT2D eigenvalue weighted by Gasteiger charge is -2.13. The van der Waals surface area contributed by atoms with Crippen molar-refractivity contribution in [2.24, 2.45) is 5.73 Å². The molecule has 0 bridgehead atoms. The Morgan fingerprint density at radius 3 is 2.82 bits per heavy atom. The number of benzene rings is 1. The average Bonchev–Trinajstić information content (AvgIpc) is 2.77. The quantitative estimate of drug-likeness (QED) is 0.875. The Bertz CT molecular complexity index is 503. The Kier molecular flexibility index (Phi) is 3.49. The van der Waals surface area contributed by atoms with Crippen LogP contribution in [0.5, 0.6) is 5.75 Å². The Labute approximate surface area is 102 Å². The van der Waals surface area contributed by atoms with Gasteiger partial charge in [-0.25, -0.2) is 0 Å². The Hall–Kier alpha value is -1.74. The van der Waals surface area contributed by atoms with Gasteiger partial charge in [-0.1, -0.05) is 6.07 Å². The molecule has 17 heavy (non-hydrogen) atoms. The van der Waals surface area contributed by atoms with Gasteiger partial charge in [0.15, 0.2) is 0 Å². The summed E-state index contributed by atoms with van der Waals surface area (Å²) in [5.41, 5.74) is 9.11. The van der Waals surface area contributed by atoms with E-state index >= 15 is 0 Å². The normalized spacial score (nSPS) is 10.5. The standard InChI is InChI=1S/C14H18N2O/c1-11-5-6-14(17-2)13(10-11)16-9-3-4-12(16)7-8-15/h3-6,9-10H,7-8,15H2,1-2H3. The summed E-state index contributed by atoms with van der Waals surface area (Å²) < 4.78 is 7.54. The molecule has 1 heterocycles. The summed E-state index contributed by atoms with van der Waals surface area (Å²) in [6.45, 7) is 2.73. The lowest BCUT2D eigenvalue weighted by atomic mass is 10.2. The molecular formula is C14H18N2O. The Morgan fingerprint density at radius 2 is 2.12 bits per heavy atom. The van der Waals surface area contributed by atoms with E-state index in [1.165, 1.54) is 11.3 Å². The molecule has 2 N–H and O–H groups in total. The second-order valence-electron chi connectivity index (χ2n) is 4.08. The predicted octanol–water partition coefficient (Wildman–Crippen LogP) is 2.30. The lowest BCUT2D eigenvalue weighted by molar-refractivity contribution is 0.412. The third-order valence-corrected chi connectivity index (χ3v) is 2.83.